The van der Waals surface area contributed by atoms with E-state index in [1.807, 2.05) is 6.20 Å². The van der Waals surface area contributed by atoms with Gasteiger partial charge in [0.15, 0.2) is 0 Å². The Kier molecular flexibility index (Phi) is 4.95. The zero-order chi connectivity index (χ0) is 14.7. The minimum Gasteiger partial charge on any atom is -0.309 e. The van der Waals surface area contributed by atoms with Crippen molar-refractivity contribution in [3.8, 4) is 0 Å². The van der Waals surface area contributed by atoms with Gasteiger partial charge in [-0.25, -0.2) is 4.98 Å². The van der Waals surface area contributed by atoms with E-state index in [0.29, 0.717) is 6.04 Å². The van der Waals surface area contributed by atoms with Crippen molar-refractivity contribution in [2.24, 2.45) is 0 Å². The van der Waals surface area contributed by atoms with Crippen molar-refractivity contribution in [2.75, 3.05) is 6.54 Å². The number of nitrogens with zero attached hydrogens (tertiary/aromatic N) is 1. The molecule has 3 heteroatoms. The second-order valence-electron chi connectivity index (χ2n) is 5.47. The van der Waals surface area contributed by atoms with Gasteiger partial charge in [0.05, 0.1) is 5.01 Å². The highest BCUT2D eigenvalue weighted by Gasteiger charge is 2.16. The molecule has 20 heavy (non-hydrogen) atoms. The Morgan fingerprint density at radius 3 is 2.30 bits per heavy atom. The summed E-state index contributed by atoms with van der Waals surface area (Å²) in [5.41, 5.74) is 5.60. The van der Waals surface area contributed by atoms with Crippen molar-refractivity contribution < 1.29 is 0 Å². The van der Waals surface area contributed by atoms with Gasteiger partial charge in [0.1, 0.15) is 0 Å². The molecular weight excluding hydrogens is 264 g/mol. The van der Waals surface area contributed by atoms with E-state index in [1.54, 1.807) is 11.3 Å². The maximum atomic E-state index is 4.40. The molecule has 0 spiro atoms. The van der Waals surface area contributed by atoms with Crippen molar-refractivity contribution in [1.29, 1.82) is 0 Å². The van der Waals surface area contributed by atoms with E-state index in [-0.39, 0.29) is 0 Å². The lowest BCUT2D eigenvalue weighted by atomic mass is 9.94. The van der Waals surface area contributed by atoms with Crippen LogP contribution in [0.4, 0.5) is 0 Å². The zero-order valence-corrected chi connectivity index (χ0v) is 13.9. The molecule has 2 rings (SSSR count). The van der Waals surface area contributed by atoms with Crippen LogP contribution in [0.15, 0.2) is 18.3 Å². The quantitative estimate of drug-likeness (QED) is 0.888. The van der Waals surface area contributed by atoms with Gasteiger partial charge in [0.25, 0.3) is 0 Å². The fourth-order valence-corrected chi connectivity index (χ4v) is 3.66. The Balaban J connectivity index is 2.29. The topological polar surface area (TPSA) is 24.9 Å². The highest BCUT2D eigenvalue weighted by Crippen LogP contribution is 2.27. The molecule has 0 aliphatic heterocycles. The van der Waals surface area contributed by atoms with Crippen LogP contribution in [-0.4, -0.2) is 11.5 Å². The first kappa shape index (κ1) is 15.2. The molecule has 1 unspecified atom stereocenters. The molecule has 1 N–H and O–H groups in total. The van der Waals surface area contributed by atoms with E-state index in [4.69, 9.17) is 0 Å². The number of hydrogen-bond acceptors (Lipinski definition) is 3. The average molecular weight is 288 g/mol. The number of rotatable bonds is 5. The molecule has 108 valence electrons. The van der Waals surface area contributed by atoms with Crippen LogP contribution in [0.25, 0.3) is 0 Å². The second kappa shape index (κ2) is 6.51. The standard InChI is InChI=1S/C17H24N2S/c1-6-18-16(17-10-19-14(5)20-17)9-15-12(3)7-11(2)8-13(15)4/h7-8,10,16,18H,6,9H2,1-5H3. The van der Waals surface area contributed by atoms with Gasteiger partial charge in [0, 0.05) is 17.1 Å². The van der Waals surface area contributed by atoms with E-state index in [1.165, 1.54) is 27.1 Å². The fourth-order valence-electron chi connectivity index (χ4n) is 2.79. The molecule has 0 aliphatic rings. The molecule has 1 atom stereocenters. The molecule has 1 heterocycles. The number of nitrogens with one attached hydrogen (secondary N) is 1. The van der Waals surface area contributed by atoms with Gasteiger partial charge in [0.2, 0.25) is 0 Å². The minimum atomic E-state index is 0.367. The van der Waals surface area contributed by atoms with Gasteiger partial charge < -0.3 is 5.32 Å². The first-order valence-corrected chi connectivity index (χ1v) is 8.05. The van der Waals surface area contributed by atoms with Crippen molar-refractivity contribution in [1.82, 2.24) is 10.3 Å². The molecule has 2 nitrogen and oxygen atoms in total. The molecular formula is C17H24N2S. The first-order valence-electron chi connectivity index (χ1n) is 7.23. The maximum Gasteiger partial charge on any atom is 0.0897 e. The van der Waals surface area contributed by atoms with Gasteiger partial charge >= 0.3 is 0 Å². The number of thiazole rings is 1. The number of aryl methyl sites for hydroxylation is 4. The van der Waals surface area contributed by atoms with Crippen LogP contribution in [0.1, 0.15) is 45.1 Å². The first-order chi connectivity index (χ1) is 9.51. The predicted molar refractivity (Wildman–Crippen MR) is 87.6 cm³/mol. The number of benzene rings is 1. The lowest BCUT2D eigenvalue weighted by molar-refractivity contribution is 0.555. The lowest BCUT2D eigenvalue weighted by Gasteiger charge is -2.19. The predicted octanol–water partition coefficient (Wildman–Crippen LogP) is 4.27. The third kappa shape index (κ3) is 3.47. The molecule has 0 radical (unpaired) electrons. The normalized spacial score (nSPS) is 12.7. The summed E-state index contributed by atoms with van der Waals surface area (Å²) in [6, 6.07) is 4.93. The Bertz CT molecular complexity index is 563. The fraction of sp³-hybridized carbons (Fsp3) is 0.471. The molecule has 0 bridgehead atoms. The van der Waals surface area contributed by atoms with E-state index in [9.17, 15) is 0 Å². The minimum absolute atomic E-state index is 0.367. The molecule has 0 saturated carbocycles. The molecule has 0 amide bonds. The maximum absolute atomic E-state index is 4.40. The number of hydrogen-bond donors (Lipinski definition) is 1. The van der Waals surface area contributed by atoms with E-state index in [2.05, 4.69) is 57.1 Å². The molecule has 1 aromatic carbocycles. The van der Waals surface area contributed by atoms with Crippen molar-refractivity contribution in [3.63, 3.8) is 0 Å². The van der Waals surface area contributed by atoms with E-state index >= 15 is 0 Å². The summed E-state index contributed by atoms with van der Waals surface area (Å²) in [6.07, 6.45) is 3.06. The summed E-state index contributed by atoms with van der Waals surface area (Å²) in [7, 11) is 0. The number of aromatic nitrogens is 1. The van der Waals surface area contributed by atoms with Gasteiger partial charge in [-0.1, -0.05) is 24.6 Å². The third-order valence-electron chi connectivity index (χ3n) is 3.68. The third-order valence-corrected chi connectivity index (χ3v) is 4.71. The summed E-state index contributed by atoms with van der Waals surface area (Å²) >= 11 is 1.80. The highest BCUT2D eigenvalue weighted by atomic mass is 32.1. The van der Waals surface area contributed by atoms with Gasteiger partial charge in [-0.2, -0.15) is 0 Å². The monoisotopic (exact) mass is 288 g/mol. The van der Waals surface area contributed by atoms with Gasteiger partial charge in [-0.3, -0.25) is 0 Å². The smallest absolute Gasteiger partial charge is 0.0897 e. The summed E-state index contributed by atoms with van der Waals surface area (Å²) in [4.78, 5) is 5.74. The second-order valence-corrected chi connectivity index (χ2v) is 6.74. The lowest BCUT2D eigenvalue weighted by Crippen LogP contribution is -2.22. The van der Waals surface area contributed by atoms with Crippen LogP contribution in [0.5, 0.6) is 0 Å². The summed E-state index contributed by atoms with van der Waals surface area (Å²) < 4.78 is 0. The summed E-state index contributed by atoms with van der Waals surface area (Å²) in [5.74, 6) is 0. The Morgan fingerprint density at radius 1 is 1.15 bits per heavy atom. The Hall–Kier alpha value is -1.19. The van der Waals surface area contributed by atoms with Gasteiger partial charge in [-0.05, 0) is 57.4 Å². The van der Waals surface area contributed by atoms with E-state index < -0.39 is 0 Å². The van der Waals surface area contributed by atoms with Crippen LogP contribution in [-0.2, 0) is 6.42 Å². The van der Waals surface area contributed by atoms with Crippen LogP contribution in [0.3, 0.4) is 0 Å². The van der Waals surface area contributed by atoms with Crippen LogP contribution in [0, 0.1) is 27.7 Å². The molecule has 0 aliphatic carbocycles. The molecule has 0 saturated heterocycles. The van der Waals surface area contributed by atoms with Crippen LogP contribution >= 0.6 is 11.3 Å². The summed E-state index contributed by atoms with van der Waals surface area (Å²) in [6.45, 7) is 11.8. The Labute approximate surface area is 126 Å². The molecule has 1 aromatic heterocycles. The van der Waals surface area contributed by atoms with Gasteiger partial charge in [-0.15, -0.1) is 11.3 Å². The molecule has 0 fully saturated rings. The summed E-state index contributed by atoms with van der Waals surface area (Å²) in [5, 5.41) is 4.74. The van der Waals surface area contributed by atoms with Crippen molar-refractivity contribution >= 4 is 11.3 Å². The van der Waals surface area contributed by atoms with Crippen LogP contribution in [0.2, 0.25) is 0 Å². The zero-order valence-electron chi connectivity index (χ0n) is 13.1. The largest absolute Gasteiger partial charge is 0.309 e. The SMILES string of the molecule is CCNC(Cc1c(C)cc(C)cc1C)c1cnc(C)s1. The molecule has 2 aromatic rings. The van der Waals surface area contributed by atoms with E-state index in [0.717, 1.165) is 18.0 Å². The van der Waals surface area contributed by atoms with Crippen molar-refractivity contribution in [2.45, 2.75) is 47.1 Å². The Morgan fingerprint density at radius 2 is 1.80 bits per heavy atom. The van der Waals surface area contributed by atoms with Crippen molar-refractivity contribution in [3.05, 3.63) is 50.5 Å². The number of likely N-dealkylation sites (N-methyl/N-ethyl adjacent to an activating group) is 1. The average Bonchev–Trinajstić information content (AvgIpc) is 2.79. The van der Waals surface area contributed by atoms with Crippen LogP contribution < -0.4 is 5.32 Å². The highest BCUT2D eigenvalue weighted by molar-refractivity contribution is 7.11.